The third kappa shape index (κ3) is 2.98. The SMILES string of the molecule is CC(NC(=O)c1ccc(C(=O)NN)s1)c1cnc[nH]1. The van der Waals surface area contributed by atoms with Gasteiger partial charge in [-0.15, -0.1) is 11.3 Å². The summed E-state index contributed by atoms with van der Waals surface area (Å²) < 4.78 is 0. The number of imidazole rings is 1. The van der Waals surface area contributed by atoms with Crippen LogP contribution in [0.2, 0.25) is 0 Å². The van der Waals surface area contributed by atoms with Gasteiger partial charge >= 0.3 is 0 Å². The number of hydrazine groups is 1. The Morgan fingerprint density at radius 2 is 2.05 bits per heavy atom. The Balaban J connectivity index is 2.04. The zero-order valence-corrected chi connectivity index (χ0v) is 11.0. The molecule has 2 heterocycles. The number of aromatic amines is 1. The lowest BCUT2D eigenvalue weighted by molar-refractivity contribution is 0.0940. The van der Waals surface area contributed by atoms with Crippen molar-refractivity contribution in [2.24, 2.45) is 5.84 Å². The summed E-state index contributed by atoms with van der Waals surface area (Å²) in [5.74, 6) is 4.37. The number of amides is 2. The summed E-state index contributed by atoms with van der Waals surface area (Å²) in [4.78, 5) is 30.9. The zero-order chi connectivity index (χ0) is 13.8. The number of nitrogen functional groups attached to an aromatic ring is 1. The molecule has 0 aliphatic heterocycles. The molecule has 8 heteroatoms. The van der Waals surface area contributed by atoms with Crippen LogP contribution in [-0.2, 0) is 0 Å². The van der Waals surface area contributed by atoms with E-state index in [2.05, 4.69) is 15.3 Å². The van der Waals surface area contributed by atoms with Crippen molar-refractivity contribution in [1.82, 2.24) is 20.7 Å². The van der Waals surface area contributed by atoms with Crippen LogP contribution in [0, 0.1) is 0 Å². The second-order valence-corrected chi connectivity index (χ2v) is 4.92. The van der Waals surface area contributed by atoms with Gasteiger partial charge in [0.25, 0.3) is 11.8 Å². The topological polar surface area (TPSA) is 113 Å². The van der Waals surface area contributed by atoms with Crippen molar-refractivity contribution in [3.63, 3.8) is 0 Å². The van der Waals surface area contributed by atoms with Gasteiger partial charge < -0.3 is 10.3 Å². The highest BCUT2D eigenvalue weighted by Crippen LogP contribution is 2.17. The van der Waals surface area contributed by atoms with Gasteiger partial charge in [0.2, 0.25) is 0 Å². The van der Waals surface area contributed by atoms with E-state index in [1.165, 1.54) is 0 Å². The Morgan fingerprint density at radius 3 is 2.63 bits per heavy atom. The molecular formula is C11H13N5O2S. The number of nitrogens with two attached hydrogens (primary N) is 1. The Hall–Kier alpha value is -2.19. The van der Waals surface area contributed by atoms with E-state index in [-0.39, 0.29) is 11.9 Å². The van der Waals surface area contributed by atoms with Crippen LogP contribution in [0.15, 0.2) is 24.7 Å². The average molecular weight is 279 g/mol. The highest BCUT2D eigenvalue weighted by molar-refractivity contribution is 7.15. The third-order valence-electron chi connectivity index (χ3n) is 2.52. The molecule has 0 spiro atoms. The molecule has 1 unspecified atom stereocenters. The van der Waals surface area contributed by atoms with Gasteiger partial charge in [-0.05, 0) is 19.1 Å². The van der Waals surface area contributed by atoms with Gasteiger partial charge in [-0.1, -0.05) is 0 Å². The van der Waals surface area contributed by atoms with Gasteiger partial charge in [0.1, 0.15) is 0 Å². The van der Waals surface area contributed by atoms with Gasteiger partial charge in [-0.2, -0.15) is 0 Å². The van der Waals surface area contributed by atoms with Crippen LogP contribution < -0.4 is 16.6 Å². The molecule has 1 atom stereocenters. The standard InChI is InChI=1S/C11H13N5O2S/c1-6(7-4-13-5-14-7)15-10(17)8-2-3-9(19-8)11(18)16-12/h2-6H,12H2,1H3,(H,13,14)(H,15,17)(H,16,18). The lowest BCUT2D eigenvalue weighted by Crippen LogP contribution is -2.29. The Morgan fingerprint density at radius 1 is 1.37 bits per heavy atom. The second kappa shape index (κ2) is 5.63. The number of carbonyl (C=O) groups excluding carboxylic acids is 2. The maximum atomic E-state index is 12.0. The molecule has 2 aromatic rings. The summed E-state index contributed by atoms with van der Waals surface area (Å²) in [5, 5.41) is 2.81. The van der Waals surface area contributed by atoms with Crippen LogP contribution in [0.1, 0.15) is 38.0 Å². The van der Waals surface area contributed by atoms with Crippen molar-refractivity contribution in [2.45, 2.75) is 13.0 Å². The molecule has 19 heavy (non-hydrogen) atoms. The van der Waals surface area contributed by atoms with E-state index >= 15 is 0 Å². The highest BCUT2D eigenvalue weighted by atomic mass is 32.1. The number of hydrogen-bond donors (Lipinski definition) is 4. The first-order valence-electron chi connectivity index (χ1n) is 5.51. The van der Waals surface area contributed by atoms with E-state index in [4.69, 9.17) is 5.84 Å². The highest BCUT2D eigenvalue weighted by Gasteiger charge is 2.16. The van der Waals surface area contributed by atoms with Crippen molar-refractivity contribution in [1.29, 1.82) is 0 Å². The molecule has 2 amide bonds. The number of carbonyl (C=O) groups is 2. The normalized spacial score (nSPS) is 11.9. The average Bonchev–Trinajstić information content (AvgIpc) is 3.08. The molecule has 0 radical (unpaired) electrons. The molecule has 0 fully saturated rings. The minimum absolute atomic E-state index is 0.191. The van der Waals surface area contributed by atoms with E-state index in [1.54, 1.807) is 24.7 Å². The van der Waals surface area contributed by atoms with Crippen LogP contribution in [0.3, 0.4) is 0 Å². The van der Waals surface area contributed by atoms with Gasteiger partial charge in [0, 0.05) is 0 Å². The Labute approximate surface area is 113 Å². The van der Waals surface area contributed by atoms with Crippen LogP contribution >= 0.6 is 11.3 Å². The fourth-order valence-corrected chi connectivity index (χ4v) is 2.31. The van der Waals surface area contributed by atoms with E-state index in [0.29, 0.717) is 9.75 Å². The molecule has 0 aromatic carbocycles. The van der Waals surface area contributed by atoms with E-state index in [9.17, 15) is 9.59 Å². The lowest BCUT2D eigenvalue weighted by Gasteiger charge is -2.10. The molecule has 0 bridgehead atoms. The monoisotopic (exact) mass is 279 g/mol. The maximum Gasteiger partial charge on any atom is 0.275 e. The molecule has 2 aromatic heterocycles. The van der Waals surface area contributed by atoms with Crippen molar-refractivity contribution in [3.05, 3.63) is 40.1 Å². The summed E-state index contributed by atoms with van der Waals surface area (Å²) in [6, 6.07) is 2.95. The predicted octanol–water partition coefficient (Wildman–Crippen LogP) is 0.566. The second-order valence-electron chi connectivity index (χ2n) is 3.84. The quantitative estimate of drug-likeness (QED) is 0.372. The van der Waals surface area contributed by atoms with E-state index < -0.39 is 5.91 Å². The zero-order valence-electron chi connectivity index (χ0n) is 10.1. The first-order valence-corrected chi connectivity index (χ1v) is 6.33. The molecule has 100 valence electrons. The van der Waals surface area contributed by atoms with Crippen LogP contribution in [0.25, 0.3) is 0 Å². The van der Waals surface area contributed by atoms with Gasteiger partial charge in [-0.25, -0.2) is 10.8 Å². The number of aromatic nitrogens is 2. The fourth-order valence-electron chi connectivity index (χ4n) is 1.50. The van der Waals surface area contributed by atoms with Crippen LogP contribution in [0.4, 0.5) is 0 Å². The lowest BCUT2D eigenvalue weighted by atomic mass is 10.2. The van der Waals surface area contributed by atoms with Crippen molar-refractivity contribution >= 4 is 23.2 Å². The number of hydrogen-bond acceptors (Lipinski definition) is 5. The van der Waals surface area contributed by atoms with E-state index in [1.807, 2.05) is 12.3 Å². The summed E-state index contributed by atoms with van der Waals surface area (Å²) in [7, 11) is 0. The van der Waals surface area contributed by atoms with E-state index in [0.717, 1.165) is 17.0 Å². The Bertz CT molecular complexity index is 578. The Kier molecular flexibility index (Phi) is 3.93. The molecule has 0 aliphatic rings. The minimum Gasteiger partial charge on any atom is -0.347 e. The van der Waals surface area contributed by atoms with Gasteiger partial charge in [0.05, 0.1) is 34.0 Å². The molecular weight excluding hydrogens is 266 g/mol. The number of thiophene rings is 1. The number of H-pyrrole nitrogens is 1. The summed E-state index contributed by atoms with van der Waals surface area (Å²) in [5.41, 5.74) is 2.83. The summed E-state index contributed by atoms with van der Waals surface area (Å²) in [6.07, 6.45) is 3.19. The van der Waals surface area contributed by atoms with Crippen molar-refractivity contribution in [3.8, 4) is 0 Å². The largest absolute Gasteiger partial charge is 0.347 e. The minimum atomic E-state index is -0.411. The summed E-state index contributed by atoms with van der Waals surface area (Å²) >= 11 is 1.08. The smallest absolute Gasteiger partial charge is 0.275 e. The molecule has 5 N–H and O–H groups in total. The van der Waals surface area contributed by atoms with Crippen LogP contribution in [0.5, 0.6) is 0 Å². The van der Waals surface area contributed by atoms with Crippen molar-refractivity contribution in [2.75, 3.05) is 0 Å². The summed E-state index contributed by atoms with van der Waals surface area (Å²) in [6.45, 7) is 1.84. The van der Waals surface area contributed by atoms with Gasteiger partial charge in [-0.3, -0.25) is 15.0 Å². The molecule has 0 aliphatic carbocycles. The number of nitrogens with zero attached hydrogens (tertiary/aromatic N) is 1. The third-order valence-corrected chi connectivity index (χ3v) is 3.60. The number of nitrogens with one attached hydrogen (secondary N) is 3. The molecule has 0 saturated heterocycles. The first-order chi connectivity index (χ1) is 9.11. The maximum absolute atomic E-state index is 12.0. The molecule has 7 nitrogen and oxygen atoms in total. The molecule has 0 saturated carbocycles. The fraction of sp³-hybridized carbons (Fsp3) is 0.182. The first kappa shape index (κ1) is 13.2. The van der Waals surface area contributed by atoms with Crippen LogP contribution in [-0.4, -0.2) is 21.8 Å². The van der Waals surface area contributed by atoms with Gasteiger partial charge in [0.15, 0.2) is 0 Å². The predicted molar refractivity (Wildman–Crippen MR) is 70.4 cm³/mol. The molecule has 2 rings (SSSR count). The number of rotatable bonds is 4. The van der Waals surface area contributed by atoms with Crippen molar-refractivity contribution < 1.29 is 9.59 Å².